The summed E-state index contributed by atoms with van der Waals surface area (Å²) in [6.07, 6.45) is 1.80. The number of hydrogen-bond acceptors (Lipinski definition) is 0. The average Bonchev–Trinajstić information content (AvgIpc) is 1.84. The molecule has 0 saturated heterocycles. The lowest BCUT2D eigenvalue weighted by atomic mass is 10.0. The Balaban J connectivity index is 4.13. The Morgan fingerprint density at radius 1 is 1.33 bits per heavy atom. The second-order valence-electron chi connectivity index (χ2n) is 2.92. The Morgan fingerprint density at radius 2 is 1.75 bits per heavy atom. The molecule has 0 aromatic carbocycles. The zero-order chi connectivity index (χ0) is 9.99. The summed E-state index contributed by atoms with van der Waals surface area (Å²) in [5, 5.41) is 0. The van der Waals surface area contributed by atoms with E-state index in [1.165, 1.54) is 0 Å². The van der Waals surface area contributed by atoms with E-state index in [1.807, 2.05) is 6.92 Å². The molecule has 0 aromatic rings. The molecule has 0 rings (SSSR count). The Bertz CT molecular complexity index is 141. The lowest BCUT2D eigenvalue weighted by Crippen LogP contribution is -2.30. The van der Waals surface area contributed by atoms with E-state index >= 15 is 0 Å². The van der Waals surface area contributed by atoms with E-state index in [4.69, 9.17) is 11.6 Å². The molecular weight excluding hydrogens is 439 g/mol. The number of hydrogen-bond donors (Lipinski definition) is 0. The summed E-state index contributed by atoms with van der Waals surface area (Å²) in [5.41, 5.74) is 0. The Labute approximate surface area is 113 Å². The number of alkyl halides is 5. The second-order valence-corrected chi connectivity index (χ2v) is 12.1. The monoisotopic (exact) mass is 446 g/mol. The maximum absolute atomic E-state index is 6.27. The predicted octanol–water partition coefficient (Wildman–Crippen LogP) is 5.39. The van der Waals surface area contributed by atoms with Gasteiger partial charge >= 0.3 is 0 Å². The summed E-state index contributed by atoms with van der Waals surface area (Å²) in [4.78, 5) is 0.0652. The maximum Gasteiger partial charge on any atom is 0.136 e. The van der Waals surface area contributed by atoms with Crippen molar-refractivity contribution < 1.29 is 0 Å². The van der Waals surface area contributed by atoms with E-state index in [1.54, 1.807) is 0 Å². The first-order chi connectivity index (χ1) is 5.19. The molecule has 0 aliphatic carbocycles. The van der Waals surface area contributed by atoms with Crippen LogP contribution >= 0.6 is 75.3 Å². The quantitative estimate of drug-likeness (QED) is 0.507. The predicted molar refractivity (Wildman–Crippen MR) is 71.4 cm³/mol. The van der Waals surface area contributed by atoms with Crippen LogP contribution in [0.15, 0.2) is 0 Å². The van der Waals surface area contributed by atoms with E-state index in [9.17, 15) is 0 Å². The minimum absolute atomic E-state index is 0.194. The molecule has 0 aromatic heterocycles. The molecular formula is C7H11Br4Cl. The van der Waals surface area contributed by atoms with Gasteiger partial charge in [0, 0.05) is 4.83 Å². The van der Waals surface area contributed by atoms with Gasteiger partial charge in [0.2, 0.25) is 0 Å². The van der Waals surface area contributed by atoms with Gasteiger partial charge < -0.3 is 0 Å². The third-order valence-electron chi connectivity index (χ3n) is 1.76. The zero-order valence-corrected chi connectivity index (χ0v) is 14.0. The fourth-order valence-electron chi connectivity index (χ4n) is 0.638. The van der Waals surface area contributed by atoms with Gasteiger partial charge in [-0.15, -0.1) is 11.6 Å². The third kappa shape index (κ3) is 5.84. The van der Waals surface area contributed by atoms with Gasteiger partial charge in [0.1, 0.15) is 2.14 Å². The van der Waals surface area contributed by atoms with E-state index in [0.717, 1.165) is 12.8 Å². The molecule has 0 heterocycles. The summed E-state index contributed by atoms with van der Waals surface area (Å²) < 4.78 is -0.216. The fraction of sp³-hybridized carbons (Fsp3) is 1.00. The molecule has 0 spiro atoms. The van der Waals surface area contributed by atoms with Crippen LogP contribution in [0.3, 0.4) is 0 Å². The van der Waals surface area contributed by atoms with Gasteiger partial charge in [0.25, 0.3) is 0 Å². The van der Waals surface area contributed by atoms with Gasteiger partial charge in [-0.05, 0) is 19.8 Å². The van der Waals surface area contributed by atoms with E-state index in [0.29, 0.717) is 0 Å². The highest BCUT2D eigenvalue weighted by Gasteiger charge is 2.33. The van der Waals surface area contributed by atoms with Crippen LogP contribution in [0.2, 0.25) is 0 Å². The van der Waals surface area contributed by atoms with Crippen molar-refractivity contribution in [2.45, 2.75) is 38.5 Å². The molecule has 5 heteroatoms. The van der Waals surface area contributed by atoms with Crippen LogP contribution in [0.4, 0.5) is 0 Å². The molecule has 0 radical (unpaired) electrons. The van der Waals surface area contributed by atoms with Crippen LogP contribution in [-0.2, 0) is 0 Å². The van der Waals surface area contributed by atoms with Crippen LogP contribution in [0.25, 0.3) is 0 Å². The van der Waals surface area contributed by atoms with Gasteiger partial charge in [-0.3, -0.25) is 0 Å². The second kappa shape index (κ2) is 5.34. The highest BCUT2D eigenvalue weighted by Crippen LogP contribution is 2.44. The van der Waals surface area contributed by atoms with Gasteiger partial charge in [-0.2, -0.15) is 0 Å². The van der Waals surface area contributed by atoms with E-state index in [2.05, 4.69) is 70.6 Å². The van der Waals surface area contributed by atoms with Gasteiger partial charge in [0.05, 0.1) is 4.87 Å². The average molecular weight is 450 g/mol. The lowest BCUT2D eigenvalue weighted by molar-refractivity contribution is 0.567. The topological polar surface area (TPSA) is 0 Å². The van der Waals surface area contributed by atoms with Crippen LogP contribution in [0.1, 0.15) is 26.7 Å². The summed E-state index contributed by atoms with van der Waals surface area (Å²) in [6, 6.07) is 0. The fourth-order valence-corrected chi connectivity index (χ4v) is 3.80. The summed E-state index contributed by atoms with van der Waals surface area (Å²) in [6.45, 7) is 4.12. The van der Waals surface area contributed by atoms with Crippen molar-refractivity contribution in [1.82, 2.24) is 0 Å². The van der Waals surface area contributed by atoms with Crippen molar-refractivity contribution in [3.63, 3.8) is 0 Å². The number of halogens is 5. The molecule has 2 atom stereocenters. The third-order valence-corrected chi connectivity index (χ3v) is 4.85. The molecule has 74 valence electrons. The summed E-state index contributed by atoms with van der Waals surface area (Å²) in [7, 11) is 0. The summed E-state index contributed by atoms with van der Waals surface area (Å²) >= 11 is 20.2. The van der Waals surface area contributed by atoms with Crippen molar-refractivity contribution in [2.75, 3.05) is 0 Å². The van der Waals surface area contributed by atoms with Crippen LogP contribution in [0, 0.1) is 0 Å². The minimum Gasteiger partial charge on any atom is -0.118 e. The largest absolute Gasteiger partial charge is 0.136 e. The SMILES string of the molecule is CCC(C)(Cl)C(Br)CC(Br)(Br)Br. The minimum atomic E-state index is -0.216. The normalized spacial score (nSPS) is 20.2. The van der Waals surface area contributed by atoms with Crippen molar-refractivity contribution in [2.24, 2.45) is 0 Å². The molecule has 0 bridgehead atoms. The molecule has 12 heavy (non-hydrogen) atoms. The number of rotatable bonds is 3. The lowest BCUT2D eigenvalue weighted by Gasteiger charge is -2.29. The highest BCUT2D eigenvalue weighted by atomic mass is 80.0. The molecule has 0 aliphatic rings. The van der Waals surface area contributed by atoms with E-state index < -0.39 is 0 Å². The van der Waals surface area contributed by atoms with Gasteiger partial charge in [-0.25, -0.2) is 0 Å². The molecule has 0 saturated carbocycles. The Hall–Kier alpha value is 2.21. The zero-order valence-electron chi connectivity index (χ0n) is 6.88. The van der Waals surface area contributed by atoms with Crippen LogP contribution < -0.4 is 0 Å². The van der Waals surface area contributed by atoms with Crippen molar-refractivity contribution >= 4 is 75.3 Å². The van der Waals surface area contributed by atoms with Crippen molar-refractivity contribution in [3.05, 3.63) is 0 Å². The highest BCUT2D eigenvalue weighted by molar-refractivity contribution is 9.39. The molecule has 0 aliphatic heterocycles. The Morgan fingerprint density at radius 3 is 2.00 bits per heavy atom. The molecule has 2 unspecified atom stereocenters. The standard InChI is InChI=1S/C7H11Br4Cl/c1-3-6(2,12)5(8)4-7(9,10)11/h5H,3-4H2,1-2H3. The molecule has 0 nitrogen and oxygen atoms in total. The summed E-state index contributed by atoms with van der Waals surface area (Å²) in [5.74, 6) is 0. The molecule has 0 amide bonds. The maximum atomic E-state index is 6.27. The van der Waals surface area contributed by atoms with Crippen LogP contribution in [0.5, 0.6) is 0 Å². The first kappa shape index (κ1) is 14.2. The molecule has 0 fully saturated rings. The van der Waals surface area contributed by atoms with Crippen LogP contribution in [-0.4, -0.2) is 11.8 Å². The van der Waals surface area contributed by atoms with E-state index in [-0.39, 0.29) is 11.8 Å². The smallest absolute Gasteiger partial charge is 0.118 e. The first-order valence-corrected chi connectivity index (χ1v) is 7.26. The van der Waals surface area contributed by atoms with Gasteiger partial charge in [0.15, 0.2) is 0 Å². The van der Waals surface area contributed by atoms with Crippen molar-refractivity contribution in [1.29, 1.82) is 0 Å². The first-order valence-electron chi connectivity index (χ1n) is 3.59. The van der Waals surface area contributed by atoms with Gasteiger partial charge in [-0.1, -0.05) is 70.6 Å². The van der Waals surface area contributed by atoms with Crippen molar-refractivity contribution in [3.8, 4) is 0 Å². The molecule has 0 N–H and O–H groups in total. The Kier molecular flexibility index (Phi) is 6.32.